The number of nitrogens with one attached hydrogen (secondary N) is 2. The Morgan fingerprint density at radius 1 is 1.71 bits per heavy atom. The Hall–Kier alpha value is -0.610. The number of amides is 1. The molecule has 0 aromatic rings. The molecular formula is C10H20N2O2. The molecule has 14 heavy (non-hydrogen) atoms. The lowest BCUT2D eigenvalue weighted by molar-refractivity contribution is -0.126. The molecule has 1 fully saturated rings. The van der Waals surface area contributed by atoms with Crippen LogP contribution in [0.1, 0.15) is 26.2 Å². The van der Waals surface area contributed by atoms with E-state index in [9.17, 15) is 4.79 Å². The van der Waals surface area contributed by atoms with Gasteiger partial charge in [0, 0.05) is 6.54 Å². The van der Waals surface area contributed by atoms with Crippen molar-refractivity contribution in [1.82, 2.24) is 10.6 Å². The predicted molar refractivity (Wildman–Crippen MR) is 54.9 cm³/mol. The molecule has 1 amide bonds. The lowest BCUT2D eigenvalue weighted by Crippen LogP contribution is -2.45. The number of aliphatic hydroxyl groups excluding tert-OH is 1. The summed E-state index contributed by atoms with van der Waals surface area (Å²) in [6, 6.07) is -0.0792. The number of carbonyl (C=O) groups is 1. The molecule has 0 aromatic carbocycles. The van der Waals surface area contributed by atoms with Crippen molar-refractivity contribution in [3.05, 3.63) is 0 Å². The summed E-state index contributed by atoms with van der Waals surface area (Å²) in [4.78, 5) is 11.7. The molecular weight excluding hydrogens is 180 g/mol. The maximum absolute atomic E-state index is 11.7. The van der Waals surface area contributed by atoms with Crippen molar-refractivity contribution in [1.29, 1.82) is 0 Å². The van der Waals surface area contributed by atoms with Crippen molar-refractivity contribution >= 4 is 5.91 Å². The number of aliphatic hydroxyl groups is 1. The van der Waals surface area contributed by atoms with Crippen LogP contribution in [-0.4, -0.2) is 36.8 Å². The normalized spacial score (nSPS) is 24.3. The monoisotopic (exact) mass is 200 g/mol. The quantitative estimate of drug-likeness (QED) is 0.592. The molecule has 1 heterocycles. The van der Waals surface area contributed by atoms with Crippen LogP contribution < -0.4 is 10.6 Å². The summed E-state index contributed by atoms with van der Waals surface area (Å²) >= 11 is 0. The third-order valence-electron chi connectivity index (χ3n) is 2.73. The van der Waals surface area contributed by atoms with Crippen molar-refractivity contribution < 1.29 is 9.90 Å². The predicted octanol–water partition coefficient (Wildman–Crippen LogP) is -0.127. The zero-order valence-electron chi connectivity index (χ0n) is 8.75. The van der Waals surface area contributed by atoms with E-state index in [0.29, 0.717) is 0 Å². The summed E-state index contributed by atoms with van der Waals surface area (Å²) in [5.74, 6) is 0.169. The molecule has 0 aromatic heterocycles. The van der Waals surface area contributed by atoms with Crippen molar-refractivity contribution in [2.75, 3.05) is 19.7 Å². The fourth-order valence-corrected chi connectivity index (χ4v) is 1.67. The van der Waals surface area contributed by atoms with Crippen molar-refractivity contribution in [3.8, 4) is 0 Å². The molecule has 0 radical (unpaired) electrons. The number of piperidine rings is 1. The molecule has 1 rings (SSSR count). The molecule has 0 aliphatic carbocycles. The van der Waals surface area contributed by atoms with Gasteiger partial charge in [-0.05, 0) is 25.8 Å². The van der Waals surface area contributed by atoms with Crippen molar-refractivity contribution in [2.24, 2.45) is 5.92 Å². The second kappa shape index (κ2) is 5.98. The molecule has 4 nitrogen and oxygen atoms in total. The smallest absolute Gasteiger partial charge is 0.224 e. The zero-order valence-corrected chi connectivity index (χ0v) is 8.75. The fourth-order valence-electron chi connectivity index (χ4n) is 1.67. The highest BCUT2D eigenvalue weighted by Crippen LogP contribution is 2.10. The van der Waals surface area contributed by atoms with Gasteiger partial charge in [-0.3, -0.25) is 4.79 Å². The van der Waals surface area contributed by atoms with Gasteiger partial charge in [-0.15, -0.1) is 0 Å². The molecule has 0 bridgehead atoms. The van der Waals surface area contributed by atoms with Crippen LogP contribution in [0, 0.1) is 5.92 Å². The van der Waals surface area contributed by atoms with Gasteiger partial charge in [0.05, 0.1) is 18.6 Å². The minimum absolute atomic E-state index is 0.0301. The van der Waals surface area contributed by atoms with E-state index >= 15 is 0 Å². The largest absolute Gasteiger partial charge is 0.394 e. The van der Waals surface area contributed by atoms with E-state index in [1.807, 2.05) is 6.92 Å². The van der Waals surface area contributed by atoms with Crippen LogP contribution in [0.5, 0.6) is 0 Å². The Morgan fingerprint density at radius 2 is 2.50 bits per heavy atom. The molecule has 0 spiro atoms. The summed E-state index contributed by atoms with van der Waals surface area (Å²) in [5, 5.41) is 15.0. The summed E-state index contributed by atoms with van der Waals surface area (Å²) in [7, 11) is 0. The summed E-state index contributed by atoms with van der Waals surface area (Å²) in [5.41, 5.74) is 0. The van der Waals surface area contributed by atoms with E-state index in [1.165, 1.54) is 0 Å². The number of carbonyl (C=O) groups excluding carboxylic acids is 1. The molecule has 0 saturated carbocycles. The maximum Gasteiger partial charge on any atom is 0.224 e. The molecule has 4 heteroatoms. The highest BCUT2D eigenvalue weighted by Gasteiger charge is 2.22. The first kappa shape index (κ1) is 11.5. The van der Waals surface area contributed by atoms with E-state index < -0.39 is 0 Å². The van der Waals surface area contributed by atoms with E-state index in [0.717, 1.165) is 32.4 Å². The van der Waals surface area contributed by atoms with E-state index in [4.69, 9.17) is 5.11 Å². The van der Waals surface area contributed by atoms with Crippen LogP contribution in [0.15, 0.2) is 0 Å². The Kier molecular flexibility index (Phi) is 4.90. The fraction of sp³-hybridized carbons (Fsp3) is 0.900. The van der Waals surface area contributed by atoms with Gasteiger partial charge >= 0.3 is 0 Å². The Balaban J connectivity index is 2.32. The summed E-state index contributed by atoms with van der Waals surface area (Å²) in [6.45, 7) is 3.78. The lowest BCUT2D eigenvalue weighted by Gasteiger charge is -2.24. The van der Waals surface area contributed by atoms with Gasteiger partial charge in [-0.2, -0.15) is 0 Å². The number of hydrogen-bond acceptors (Lipinski definition) is 3. The molecule has 1 unspecified atom stereocenters. The van der Waals surface area contributed by atoms with E-state index in [2.05, 4.69) is 10.6 Å². The van der Waals surface area contributed by atoms with Crippen LogP contribution in [0.4, 0.5) is 0 Å². The van der Waals surface area contributed by atoms with Crippen LogP contribution in [0.25, 0.3) is 0 Å². The molecule has 1 saturated heterocycles. The number of hydrogen-bond donors (Lipinski definition) is 3. The van der Waals surface area contributed by atoms with Gasteiger partial charge < -0.3 is 15.7 Å². The average Bonchev–Trinajstić information content (AvgIpc) is 2.26. The molecule has 82 valence electrons. The van der Waals surface area contributed by atoms with Gasteiger partial charge in [0.1, 0.15) is 0 Å². The SMILES string of the molecule is CC[C@@H](CO)NC(=O)C1CCCNC1. The van der Waals surface area contributed by atoms with E-state index in [-0.39, 0.29) is 24.5 Å². The molecule has 1 aliphatic heterocycles. The second-order valence-electron chi connectivity index (χ2n) is 3.84. The lowest BCUT2D eigenvalue weighted by atomic mass is 9.98. The standard InChI is InChI=1S/C10H20N2O2/c1-2-9(7-13)12-10(14)8-4-3-5-11-6-8/h8-9,11,13H,2-7H2,1H3,(H,12,14)/t8?,9-/m0/s1. The van der Waals surface area contributed by atoms with E-state index in [1.54, 1.807) is 0 Å². The van der Waals surface area contributed by atoms with Crippen molar-refractivity contribution in [2.45, 2.75) is 32.2 Å². The Labute approximate surface area is 85.1 Å². The highest BCUT2D eigenvalue weighted by molar-refractivity contribution is 5.79. The highest BCUT2D eigenvalue weighted by atomic mass is 16.3. The second-order valence-corrected chi connectivity index (χ2v) is 3.84. The van der Waals surface area contributed by atoms with Crippen molar-refractivity contribution in [3.63, 3.8) is 0 Å². The van der Waals surface area contributed by atoms with Crippen LogP contribution in [0.2, 0.25) is 0 Å². The third kappa shape index (κ3) is 3.27. The minimum atomic E-state index is -0.0792. The Morgan fingerprint density at radius 3 is 3.00 bits per heavy atom. The van der Waals surface area contributed by atoms with Crippen LogP contribution in [-0.2, 0) is 4.79 Å². The van der Waals surface area contributed by atoms with Gasteiger partial charge in [-0.25, -0.2) is 0 Å². The third-order valence-corrected chi connectivity index (χ3v) is 2.73. The van der Waals surface area contributed by atoms with Crippen LogP contribution >= 0.6 is 0 Å². The molecule has 3 N–H and O–H groups in total. The first-order valence-electron chi connectivity index (χ1n) is 5.39. The van der Waals surface area contributed by atoms with Gasteiger partial charge in [0.2, 0.25) is 5.91 Å². The molecule has 2 atom stereocenters. The maximum atomic E-state index is 11.7. The topological polar surface area (TPSA) is 61.4 Å². The van der Waals surface area contributed by atoms with Crippen LogP contribution in [0.3, 0.4) is 0 Å². The van der Waals surface area contributed by atoms with Gasteiger partial charge in [0.25, 0.3) is 0 Å². The van der Waals surface area contributed by atoms with Gasteiger partial charge in [0.15, 0.2) is 0 Å². The Bertz CT molecular complexity index is 175. The minimum Gasteiger partial charge on any atom is -0.394 e. The number of rotatable bonds is 4. The average molecular weight is 200 g/mol. The summed E-state index contributed by atoms with van der Waals surface area (Å²) in [6.07, 6.45) is 2.80. The molecule has 1 aliphatic rings. The summed E-state index contributed by atoms with van der Waals surface area (Å²) < 4.78 is 0. The first-order chi connectivity index (χ1) is 6.77. The first-order valence-corrected chi connectivity index (χ1v) is 5.39. The zero-order chi connectivity index (χ0) is 10.4. The van der Waals surface area contributed by atoms with Gasteiger partial charge in [-0.1, -0.05) is 6.92 Å².